The Balaban J connectivity index is 0. The molecule has 0 aliphatic heterocycles. The van der Waals surface area contributed by atoms with E-state index < -0.39 is 0 Å². The van der Waals surface area contributed by atoms with Crippen molar-refractivity contribution in [3.05, 3.63) is 0 Å². The highest BCUT2D eigenvalue weighted by atomic mass is 32.1. The minimum absolute atomic E-state index is 0. The Morgan fingerprint density at radius 3 is 0.286 bits per heavy atom. The van der Waals surface area contributed by atoms with Crippen molar-refractivity contribution in [3.63, 3.8) is 0 Å². The molecule has 0 fully saturated rings. The van der Waals surface area contributed by atoms with Crippen LogP contribution in [-0.4, -0.2) is 0 Å². The quantitative estimate of drug-likeness (QED) is 0.578. The summed E-state index contributed by atoms with van der Waals surface area (Å²) in [6, 6.07) is 0. The van der Waals surface area contributed by atoms with Gasteiger partial charge >= 0.3 is 0 Å². The molecular formula is CH16S6. The molecule has 0 amide bonds. The van der Waals surface area contributed by atoms with E-state index in [1.807, 2.05) is 0 Å². The van der Waals surface area contributed by atoms with Gasteiger partial charge in [-0.25, -0.2) is 0 Å². The van der Waals surface area contributed by atoms with Gasteiger partial charge in [0.25, 0.3) is 0 Å². The van der Waals surface area contributed by atoms with Crippen LogP contribution in [0.2, 0.25) is 0 Å². The lowest BCUT2D eigenvalue weighted by Gasteiger charge is -0.198. The molecule has 0 saturated heterocycles. The third-order valence-electron chi connectivity index (χ3n) is 0. The normalized spacial score (nSPS) is 0. The van der Waals surface area contributed by atoms with Gasteiger partial charge in [-0.3, -0.25) is 0 Å². The first-order valence-corrected chi connectivity index (χ1v) is 0. The first-order chi connectivity index (χ1) is 0. The minimum Gasteiger partial charge on any atom is -0.197 e. The van der Waals surface area contributed by atoms with Gasteiger partial charge in [0.1, 0.15) is 0 Å². The molecule has 0 heterocycles. The van der Waals surface area contributed by atoms with Crippen molar-refractivity contribution < 1.29 is 0 Å². The molecule has 0 aliphatic rings. The zero-order chi connectivity index (χ0) is 0. The Kier molecular flexibility index (Phi) is 1790. The zero-order valence-electron chi connectivity index (χ0n) is 3.00. The lowest BCUT2D eigenvalue weighted by molar-refractivity contribution is 2.50. The average Bonchev–Trinajstić information content (AvgIpc) is 0. The zero-order valence-corrected chi connectivity index (χ0v) is 9.00. The summed E-state index contributed by atoms with van der Waals surface area (Å²) in [5.74, 6) is 0. The third kappa shape index (κ3) is 68.3. The van der Waals surface area contributed by atoms with Crippen LogP contribution in [0, 0.1) is 0 Å². The summed E-state index contributed by atoms with van der Waals surface area (Å²) >= 11 is 0. The van der Waals surface area contributed by atoms with Gasteiger partial charge in [-0.2, -0.15) is 81.0 Å². The Bertz CT molecular complexity index is 4.14. The second-order valence-electron chi connectivity index (χ2n) is 0. The van der Waals surface area contributed by atoms with E-state index >= 15 is 0 Å². The van der Waals surface area contributed by atoms with E-state index in [-0.39, 0.29) is 88.4 Å². The molecule has 0 bridgehead atoms. The van der Waals surface area contributed by atoms with E-state index in [4.69, 9.17) is 0 Å². The fourth-order valence-electron chi connectivity index (χ4n) is 0. The average molecular weight is 221 g/mol. The molecule has 0 aliphatic carbocycles. The topological polar surface area (TPSA) is 0 Å². The molecule has 0 aromatic carbocycles. The molecule has 0 aromatic rings. The smallest absolute Gasteiger partial charge is 0.0776 e. The van der Waals surface area contributed by atoms with E-state index in [9.17, 15) is 0 Å². The lowest BCUT2D eigenvalue weighted by atomic mass is 12.0. The monoisotopic (exact) mass is 220 g/mol. The van der Waals surface area contributed by atoms with Crippen LogP contribution < -0.4 is 0 Å². The molecule has 6 heteroatoms. The first kappa shape index (κ1) is 135. The predicted molar refractivity (Wildman–Crippen MR) is 69.0 cm³/mol. The van der Waals surface area contributed by atoms with Gasteiger partial charge in [0.05, 0.1) is 0 Å². The second-order valence-corrected chi connectivity index (χ2v) is 0. The molecule has 7 heavy (non-hydrogen) atoms. The van der Waals surface area contributed by atoms with E-state index in [2.05, 4.69) is 0 Å². The Labute approximate surface area is 87.9 Å². The van der Waals surface area contributed by atoms with Crippen molar-refractivity contribution >= 4 is 81.0 Å². The Morgan fingerprint density at radius 1 is 0.286 bits per heavy atom. The summed E-state index contributed by atoms with van der Waals surface area (Å²) in [5, 5.41) is 0. The Morgan fingerprint density at radius 2 is 0.286 bits per heavy atom. The van der Waals surface area contributed by atoms with Gasteiger partial charge in [0, 0.05) is 0 Å². The van der Waals surface area contributed by atoms with E-state index in [1.54, 1.807) is 0 Å². The highest BCUT2D eigenvalue weighted by Gasteiger charge is -0.0775. The van der Waals surface area contributed by atoms with Crippen molar-refractivity contribution in [3.8, 4) is 0 Å². The molecule has 56 valence electrons. The standard InChI is InChI=1S/CH4.6H2S/h1H4;6*1H2. The van der Waals surface area contributed by atoms with Crippen LogP contribution in [0.4, 0.5) is 0 Å². The largest absolute Gasteiger partial charge is 0.197 e. The van der Waals surface area contributed by atoms with E-state index in [0.29, 0.717) is 0 Å². The van der Waals surface area contributed by atoms with Gasteiger partial charge in [0.2, 0.25) is 0 Å². The summed E-state index contributed by atoms with van der Waals surface area (Å²) in [6.45, 7) is 0. The van der Waals surface area contributed by atoms with Crippen LogP contribution in [0.15, 0.2) is 0 Å². The number of rotatable bonds is 0. The van der Waals surface area contributed by atoms with Crippen LogP contribution in [0.5, 0.6) is 0 Å². The van der Waals surface area contributed by atoms with Crippen LogP contribution in [0.3, 0.4) is 0 Å². The number of hydrogen-bond donors (Lipinski definition) is 0. The van der Waals surface area contributed by atoms with Crippen molar-refractivity contribution in [1.82, 2.24) is 0 Å². The molecular weight excluding hydrogens is 204 g/mol. The van der Waals surface area contributed by atoms with Gasteiger partial charge in [0.15, 0.2) is 0 Å². The van der Waals surface area contributed by atoms with Crippen LogP contribution >= 0.6 is 81.0 Å². The molecule has 0 aromatic heterocycles. The highest BCUT2D eigenvalue weighted by Crippen LogP contribution is 0.653. The van der Waals surface area contributed by atoms with Gasteiger partial charge < -0.3 is 0 Å². The fourth-order valence-corrected chi connectivity index (χ4v) is 0. The van der Waals surface area contributed by atoms with Crippen LogP contribution in [0.25, 0.3) is 0 Å². The summed E-state index contributed by atoms with van der Waals surface area (Å²) in [4.78, 5) is 0. The third-order valence-corrected chi connectivity index (χ3v) is 0. The maximum absolute atomic E-state index is 0. The molecule has 0 unspecified atom stereocenters. The summed E-state index contributed by atoms with van der Waals surface area (Å²) in [7, 11) is 0. The molecule has 0 nitrogen and oxygen atoms in total. The Hall–Kier alpha value is 2.10. The fraction of sp³-hybridized carbons (Fsp3) is 1.00. The van der Waals surface area contributed by atoms with Crippen molar-refractivity contribution in [1.29, 1.82) is 0 Å². The van der Waals surface area contributed by atoms with Crippen LogP contribution in [0.1, 0.15) is 7.43 Å². The molecule has 0 saturated carbocycles. The van der Waals surface area contributed by atoms with Crippen LogP contribution in [-0.2, 0) is 0 Å². The molecule has 0 atom stereocenters. The van der Waals surface area contributed by atoms with Gasteiger partial charge in [-0.15, -0.1) is 0 Å². The van der Waals surface area contributed by atoms with Crippen molar-refractivity contribution in [2.45, 2.75) is 7.43 Å². The van der Waals surface area contributed by atoms with Gasteiger partial charge in [-0.1, -0.05) is 7.43 Å². The summed E-state index contributed by atoms with van der Waals surface area (Å²) in [6.07, 6.45) is 0. The highest BCUT2D eigenvalue weighted by molar-refractivity contribution is 7.60. The number of hydrogen-bond acceptors (Lipinski definition) is 0. The second kappa shape index (κ2) is 92.6. The van der Waals surface area contributed by atoms with E-state index in [1.165, 1.54) is 0 Å². The minimum atomic E-state index is 0. The van der Waals surface area contributed by atoms with Crippen molar-refractivity contribution in [2.24, 2.45) is 0 Å². The first-order valence-electron chi connectivity index (χ1n) is 0. The molecule has 0 N–H and O–H groups in total. The van der Waals surface area contributed by atoms with Gasteiger partial charge in [-0.05, 0) is 0 Å². The molecule has 0 radical (unpaired) electrons. The van der Waals surface area contributed by atoms with E-state index in [0.717, 1.165) is 0 Å². The molecule has 0 spiro atoms. The maximum atomic E-state index is 0. The summed E-state index contributed by atoms with van der Waals surface area (Å²) in [5.41, 5.74) is 0. The summed E-state index contributed by atoms with van der Waals surface area (Å²) < 4.78 is 0. The molecule has 0 rings (SSSR count). The van der Waals surface area contributed by atoms with Crippen molar-refractivity contribution in [2.75, 3.05) is 0 Å². The predicted octanol–water partition coefficient (Wildman–Crippen LogP) is 1.31. The SMILES string of the molecule is C.S.S.S.S.S.S. The lowest BCUT2D eigenvalue weighted by Crippen LogP contribution is 0.144. The maximum Gasteiger partial charge on any atom is -0.0776 e.